The number of halogens is 1. The Labute approximate surface area is 138 Å². The molecule has 1 saturated heterocycles. The Morgan fingerprint density at radius 2 is 1.87 bits per heavy atom. The Hall–Kier alpha value is -1.84. The van der Waals surface area contributed by atoms with Crippen LogP contribution < -0.4 is 0 Å². The number of nitrogens with zero attached hydrogens (tertiary/aromatic N) is 1. The maximum atomic E-state index is 13.0. The van der Waals surface area contributed by atoms with Crippen LogP contribution in [0.3, 0.4) is 0 Å². The molecule has 0 N–H and O–H groups in total. The summed E-state index contributed by atoms with van der Waals surface area (Å²) in [7, 11) is 0. The normalized spacial score (nSPS) is 17.7. The van der Waals surface area contributed by atoms with Crippen LogP contribution in [-0.2, 0) is 11.2 Å². The lowest BCUT2D eigenvalue weighted by Crippen LogP contribution is -2.45. The van der Waals surface area contributed by atoms with Crippen LogP contribution in [0.2, 0.25) is 0 Å². The summed E-state index contributed by atoms with van der Waals surface area (Å²) in [5.41, 5.74) is 0.575. The van der Waals surface area contributed by atoms with Gasteiger partial charge in [0.25, 0.3) is 0 Å². The second-order valence-electron chi connectivity index (χ2n) is 7.34. The molecule has 0 saturated carbocycles. The largest absolute Gasteiger partial charge is 0.444 e. The maximum absolute atomic E-state index is 13.0. The highest BCUT2D eigenvalue weighted by Crippen LogP contribution is 2.36. The van der Waals surface area contributed by atoms with E-state index in [0.29, 0.717) is 13.1 Å². The van der Waals surface area contributed by atoms with Crippen LogP contribution in [0.15, 0.2) is 36.9 Å². The zero-order chi connectivity index (χ0) is 17.1. The number of hydrogen-bond acceptors (Lipinski definition) is 2. The van der Waals surface area contributed by atoms with Gasteiger partial charge in [-0.15, -0.1) is 6.58 Å². The number of rotatable bonds is 3. The summed E-state index contributed by atoms with van der Waals surface area (Å²) >= 11 is 0. The molecule has 0 bridgehead atoms. The number of likely N-dealkylation sites (tertiary alicyclic amines) is 1. The summed E-state index contributed by atoms with van der Waals surface area (Å²) < 4.78 is 18.5. The smallest absolute Gasteiger partial charge is 0.410 e. The molecular formula is C19H26FNO2. The fraction of sp³-hybridized carbons (Fsp3) is 0.526. The van der Waals surface area contributed by atoms with Crippen LogP contribution in [0, 0.1) is 11.2 Å². The van der Waals surface area contributed by atoms with E-state index < -0.39 is 5.60 Å². The van der Waals surface area contributed by atoms with Crippen LogP contribution in [0.1, 0.15) is 39.2 Å². The van der Waals surface area contributed by atoms with Gasteiger partial charge in [-0.05, 0) is 63.1 Å². The number of piperidine rings is 1. The molecule has 1 aromatic carbocycles. The Kier molecular flexibility index (Phi) is 5.12. The first-order valence-corrected chi connectivity index (χ1v) is 8.09. The Morgan fingerprint density at radius 1 is 1.30 bits per heavy atom. The highest BCUT2D eigenvalue weighted by Gasteiger charge is 2.35. The van der Waals surface area contributed by atoms with Gasteiger partial charge in [0, 0.05) is 13.1 Å². The van der Waals surface area contributed by atoms with E-state index in [1.165, 1.54) is 12.1 Å². The van der Waals surface area contributed by atoms with Crippen molar-refractivity contribution in [1.82, 2.24) is 4.90 Å². The van der Waals surface area contributed by atoms with E-state index in [0.717, 1.165) is 24.8 Å². The van der Waals surface area contributed by atoms with Gasteiger partial charge in [0.1, 0.15) is 11.4 Å². The summed E-state index contributed by atoms with van der Waals surface area (Å²) in [5.74, 6) is -0.221. The second kappa shape index (κ2) is 6.73. The molecule has 3 nitrogen and oxygen atoms in total. The van der Waals surface area contributed by atoms with Crippen LogP contribution in [0.4, 0.5) is 9.18 Å². The van der Waals surface area contributed by atoms with Gasteiger partial charge >= 0.3 is 6.09 Å². The van der Waals surface area contributed by atoms with Crippen LogP contribution >= 0.6 is 0 Å². The zero-order valence-corrected chi connectivity index (χ0v) is 14.3. The molecule has 1 fully saturated rings. The number of carbonyl (C=O) groups excluding carboxylic acids is 1. The van der Waals surface area contributed by atoms with Gasteiger partial charge in [0.05, 0.1) is 0 Å². The molecule has 1 aliphatic heterocycles. The van der Waals surface area contributed by atoms with E-state index in [1.807, 2.05) is 39.0 Å². The molecule has 0 atom stereocenters. The number of benzene rings is 1. The maximum Gasteiger partial charge on any atom is 0.410 e. The molecule has 2 rings (SSSR count). The van der Waals surface area contributed by atoms with Crippen molar-refractivity contribution in [2.24, 2.45) is 5.41 Å². The monoisotopic (exact) mass is 319 g/mol. The third kappa shape index (κ3) is 4.81. The number of amides is 1. The third-order valence-corrected chi connectivity index (χ3v) is 4.31. The molecule has 0 aliphatic carbocycles. The van der Waals surface area contributed by atoms with Crippen molar-refractivity contribution in [3.63, 3.8) is 0 Å². The van der Waals surface area contributed by atoms with Crippen molar-refractivity contribution >= 4 is 6.09 Å². The van der Waals surface area contributed by atoms with Gasteiger partial charge in [0.15, 0.2) is 0 Å². The van der Waals surface area contributed by atoms with Crippen molar-refractivity contribution < 1.29 is 13.9 Å². The topological polar surface area (TPSA) is 29.5 Å². The fourth-order valence-corrected chi connectivity index (χ4v) is 2.92. The molecule has 4 heteroatoms. The van der Waals surface area contributed by atoms with Crippen molar-refractivity contribution in [2.45, 2.75) is 45.6 Å². The van der Waals surface area contributed by atoms with Gasteiger partial charge in [-0.2, -0.15) is 0 Å². The molecule has 0 aromatic heterocycles. The molecule has 0 unspecified atom stereocenters. The standard InChI is InChI=1S/C19H26FNO2/c1-5-19(14-15-6-8-16(20)9-7-15)10-12-21(13-11-19)17(22)23-18(2,3)4/h5-9H,1,10-14H2,2-4H3. The number of carbonyl (C=O) groups is 1. The Morgan fingerprint density at radius 3 is 2.35 bits per heavy atom. The Bertz CT molecular complexity index is 552. The highest BCUT2D eigenvalue weighted by atomic mass is 19.1. The molecule has 0 spiro atoms. The molecule has 0 radical (unpaired) electrons. The van der Waals surface area contributed by atoms with E-state index >= 15 is 0 Å². The first-order chi connectivity index (χ1) is 10.7. The van der Waals surface area contributed by atoms with E-state index in [4.69, 9.17) is 4.74 Å². The third-order valence-electron chi connectivity index (χ3n) is 4.31. The number of ether oxygens (including phenoxy) is 1. The molecular weight excluding hydrogens is 293 g/mol. The van der Waals surface area contributed by atoms with E-state index in [2.05, 4.69) is 6.58 Å². The van der Waals surface area contributed by atoms with E-state index in [9.17, 15) is 9.18 Å². The fourth-order valence-electron chi connectivity index (χ4n) is 2.92. The van der Waals surface area contributed by atoms with E-state index in [1.54, 1.807) is 4.90 Å². The SMILES string of the molecule is C=CC1(Cc2ccc(F)cc2)CCN(C(=O)OC(C)(C)C)CC1. The van der Waals surface area contributed by atoms with Gasteiger partial charge in [-0.1, -0.05) is 18.2 Å². The quantitative estimate of drug-likeness (QED) is 0.764. The molecule has 126 valence electrons. The van der Waals surface area contributed by atoms with Crippen LogP contribution in [0.5, 0.6) is 0 Å². The van der Waals surface area contributed by atoms with Crippen molar-refractivity contribution in [3.05, 3.63) is 48.3 Å². The first-order valence-electron chi connectivity index (χ1n) is 8.09. The lowest BCUT2D eigenvalue weighted by molar-refractivity contribution is 0.0143. The van der Waals surface area contributed by atoms with Crippen molar-refractivity contribution in [2.75, 3.05) is 13.1 Å². The van der Waals surface area contributed by atoms with Crippen LogP contribution in [-0.4, -0.2) is 29.7 Å². The lowest BCUT2D eigenvalue weighted by Gasteiger charge is -2.40. The summed E-state index contributed by atoms with van der Waals surface area (Å²) in [6.07, 6.45) is 4.24. The minimum Gasteiger partial charge on any atom is -0.444 e. The molecule has 1 aliphatic rings. The number of allylic oxidation sites excluding steroid dienone is 1. The molecule has 1 aromatic rings. The summed E-state index contributed by atoms with van der Waals surface area (Å²) in [6.45, 7) is 10.9. The number of hydrogen-bond donors (Lipinski definition) is 0. The van der Waals surface area contributed by atoms with Crippen molar-refractivity contribution in [1.29, 1.82) is 0 Å². The first kappa shape index (κ1) is 17.5. The predicted molar refractivity (Wildman–Crippen MR) is 89.8 cm³/mol. The average molecular weight is 319 g/mol. The van der Waals surface area contributed by atoms with Crippen LogP contribution in [0.25, 0.3) is 0 Å². The molecule has 1 amide bonds. The second-order valence-corrected chi connectivity index (χ2v) is 7.34. The minimum atomic E-state index is -0.474. The average Bonchev–Trinajstić information content (AvgIpc) is 2.48. The minimum absolute atomic E-state index is 0.0453. The summed E-state index contributed by atoms with van der Waals surface area (Å²) in [5, 5.41) is 0. The van der Waals surface area contributed by atoms with Crippen molar-refractivity contribution in [3.8, 4) is 0 Å². The summed E-state index contributed by atoms with van der Waals surface area (Å²) in [6, 6.07) is 6.62. The summed E-state index contributed by atoms with van der Waals surface area (Å²) in [4.78, 5) is 13.9. The van der Waals surface area contributed by atoms with Gasteiger partial charge < -0.3 is 9.64 Å². The highest BCUT2D eigenvalue weighted by molar-refractivity contribution is 5.68. The van der Waals surface area contributed by atoms with Gasteiger partial charge in [-0.25, -0.2) is 9.18 Å². The molecule has 23 heavy (non-hydrogen) atoms. The van der Waals surface area contributed by atoms with Gasteiger partial charge in [0.2, 0.25) is 0 Å². The van der Waals surface area contributed by atoms with Gasteiger partial charge in [-0.3, -0.25) is 0 Å². The zero-order valence-electron chi connectivity index (χ0n) is 14.3. The van der Waals surface area contributed by atoms with E-state index in [-0.39, 0.29) is 17.3 Å². The lowest BCUT2D eigenvalue weighted by atomic mass is 9.74. The predicted octanol–water partition coefficient (Wildman–Crippen LogP) is 4.57. The Balaban J connectivity index is 1.98. The molecule has 1 heterocycles.